The third-order valence-corrected chi connectivity index (χ3v) is 4.65. The van der Waals surface area contributed by atoms with Gasteiger partial charge >= 0.3 is 0 Å². The average molecular weight is 330 g/mol. The van der Waals surface area contributed by atoms with Gasteiger partial charge in [0.1, 0.15) is 6.10 Å². The van der Waals surface area contributed by atoms with Crippen molar-refractivity contribution < 1.29 is 4.74 Å². The normalized spacial score (nSPS) is 16.8. The highest BCUT2D eigenvalue weighted by Crippen LogP contribution is 2.33. The number of benzene rings is 2. The minimum atomic E-state index is 0.180. The largest absolute Gasteiger partial charge is 0.472 e. The van der Waals surface area contributed by atoms with Crippen LogP contribution in [0.1, 0.15) is 12.0 Å². The predicted molar refractivity (Wildman–Crippen MR) is 102 cm³/mol. The van der Waals surface area contributed by atoms with Crippen molar-refractivity contribution in [2.45, 2.75) is 19.4 Å². The Kier molecular flexibility index (Phi) is 4.38. The smallest absolute Gasteiger partial charge is 0.213 e. The van der Waals surface area contributed by atoms with Gasteiger partial charge in [-0.2, -0.15) is 0 Å². The van der Waals surface area contributed by atoms with Crippen LogP contribution in [0.2, 0.25) is 0 Å². The van der Waals surface area contributed by atoms with Gasteiger partial charge in [-0.1, -0.05) is 54.6 Å². The first-order valence-electron chi connectivity index (χ1n) is 8.78. The lowest BCUT2D eigenvalue weighted by Crippen LogP contribution is -2.25. The third kappa shape index (κ3) is 3.50. The quantitative estimate of drug-likeness (QED) is 0.692. The van der Waals surface area contributed by atoms with Crippen molar-refractivity contribution in [3.63, 3.8) is 0 Å². The molecule has 1 aromatic heterocycles. The maximum Gasteiger partial charge on any atom is 0.213 e. The molecule has 0 N–H and O–H groups in total. The summed E-state index contributed by atoms with van der Waals surface area (Å²) in [6, 6.07) is 23.2. The Bertz CT molecular complexity index is 830. The highest BCUT2D eigenvalue weighted by molar-refractivity contribution is 5.78. The second-order valence-electron chi connectivity index (χ2n) is 6.53. The van der Waals surface area contributed by atoms with E-state index in [0.717, 1.165) is 25.1 Å². The molecule has 0 radical (unpaired) electrons. The summed E-state index contributed by atoms with van der Waals surface area (Å²) in [5.41, 5.74) is 4.95. The second kappa shape index (κ2) is 6.98. The number of aryl methyl sites for hydroxylation is 1. The van der Waals surface area contributed by atoms with Gasteiger partial charge in [-0.05, 0) is 24.1 Å². The number of pyridine rings is 1. The molecular weight excluding hydrogens is 308 g/mol. The summed E-state index contributed by atoms with van der Waals surface area (Å²) >= 11 is 0. The van der Waals surface area contributed by atoms with E-state index in [-0.39, 0.29) is 6.10 Å². The number of anilines is 1. The lowest BCUT2D eigenvalue weighted by molar-refractivity contribution is 0.216. The highest BCUT2D eigenvalue weighted by atomic mass is 16.5. The number of hydrogen-bond donors (Lipinski definition) is 0. The second-order valence-corrected chi connectivity index (χ2v) is 6.53. The molecular formula is C22H22N2O. The van der Waals surface area contributed by atoms with Gasteiger partial charge in [0.25, 0.3) is 0 Å². The number of para-hydroxylation sites is 1. The average Bonchev–Trinajstić information content (AvgIpc) is 3.13. The van der Waals surface area contributed by atoms with Gasteiger partial charge in [-0.3, -0.25) is 0 Å². The summed E-state index contributed by atoms with van der Waals surface area (Å²) in [5.74, 6) is 0.716. The molecule has 0 spiro atoms. The van der Waals surface area contributed by atoms with Crippen molar-refractivity contribution >= 4 is 5.69 Å². The lowest BCUT2D eigenvalue weighted by atomic mass is 10.0. The Morgan fingerprint density at radius 3 is 2.56 bits per heavy atom. The number of ether oxygens (including phenoxy) is 1. The van der Waals surface area contributed by atoms with Gasteiger partial charge in [0.2, 0.25) is 5.88 Å². The molecule has 4 rings (SSSR count). The molecule has 0 bridgehead atoms. The monoisotopic (exact) mass is 330 g/mol. The fourth-order valence-corrected chi connectivity index (χ4v) is 3.35. The molecule has 1 saturated heterocycles. The molecule has 1 fully saturated rings. The van der Waals surface area contributed by atoms with Gasteiger partial charge in [-0.25, -0.2) is 4.98 Å². The van der Waals surface area contributed by atoms with E-state index in [1.54, 1.807) is 0 Å². The number of nitrogens with zero attached hydrogens (tertiary/aromatic N) is 2. The molecule has 1 aliphatic rings. The van der Waals surface area contributed by atoms with E-state index in [4.69, 9.17) is 4.74 Å². The van der Waals surface area contributed by atoms with Crippen LogP contribution in [-0.4, -0.2) is 24.2 Å². The first kappa shape index (κ1) is 15.7. The fourth-order valence-electron chi connectivity index (χ4n) is 3.35. The zero-order valence-electron chi connectivity index (χ0n) is 14.4. The van der Waals surface area contributed by atoms with E-state index in [9.17, 15) is 0 Å². The molecule has 2 aromatic carbocycles. The summed E-state index contributed by atoms with van der Waals surface area (Å²) in [7, 11) is 0. The SMILES string of the molecule is Cc1ccc(O[C@H]2CCN(c3ccccc3-c3ccccc3)C2)nc1. The minimum Gasteiger partial charge on any atom is -0.472 e. The summed E-state index contributed by atoms with van der Waals surface area (Å²) in [6.45, 7) is 3.92. The van der Waals surface area contributed by atoms with Crippen LogP contribution in [0.25, 0.3) is 11.1 Å². The van der Waals surface area contributed by atoms with E-state index in [1.165, 1.54) is 16.8 Å². The maximum atomic E-state index is 6.07. The van der Waals surface area contributed by atoms with Crippen LogP contribution in [0.4, 0.5) is 5.69 Å². The van der Waals surface area contributed by atoms with E-state index < -0.39 is 0 Å². The van der Waals surface area contributed by atoms with Crippen molar-refractivity contribution in [3.8, 4) is 17.0 Å². The molecule has 0 amide bonds. The van der Waals surface area contributed by atoms with Crippen molar-refractivity contribution in [2.75, 3.05) is 18.0 Å². The third-order valence-electron chi connectivity index (χ3n) is 4.65. The first-order chi connectivity index (χ1) is 12.3. The fraction of sp³-hybridized carbons (Fsp3) is 0.227. The summed E-state index contributed by atoms with van der Waals surface area (Å²) in [6.07, 6.45) is 3.05. The Balaban J connectivity index is 1.51. The Labute approximate surface area is 148 Å². The van der Waals surface area contributed by atoms with E-state index >= 15 is 0 Å². The molecule has 0 unspecified atom stereocenters. The van der Waals surface area contributed by atoms with Gasteiger partial charge in [0, 0.05) is 36.5 Å². The molecule has 3 heteroatoms. The van der Waals surface area contributed by atoms with Crippen LogP contribution in [0.5, 0.6) is 5.88 Å². The molecule has 2 heterocycles. The molecule has 1 aliphatic heterocycles. The molecule has 3 nitrogen and oxygen atoms in total. The van der Waals surface area contributed by atoms with Crippen LogP contribution in [0.3, 0.4) is 0 Å². The van der Waals surface area contributed by atoms with Gasteiger partial charge in [0.05, 0.1) is 6.54 Å². The van der Waals surface area contributed by atoms with E-state index in [2.05, 4.69) is 64.5 Å². The van der Waals surface area contributed by atoms with Crippen molar-refractivity contribution in [1.82, 2.24) is 4.98 Å². The summed E-state index contributed by atoms with van der Waals surface area (Å²) in [4.78, 5) is 6.78. The number of rotatable bonds is 4. The number of aromatic nitrogens is 1. The Morgan fingerprint density at radius 2 is 1.76 bits per heavy atom. The van der Waals surface area contributed by atoms with Crippen LogP contribution in [0, 0.1) is 6.92 Å². The predicted octanol–water partition coefficient (Wildman–Crippen LogP) is 4.71. The van der Waals surface area contributed by atoms with E-state index in [0.29, 0.717) is 5.88 Å². The van der Waals surface area contributed by atoms with Crippen molar-refractivity contribution in [2.24, 2.45) is 0 Å². The molecule has 126 valence electrons. The standard InChI is InChI=1S/C22H22N2O/c1-17-11-12-22(23-15-17)25-19-13-14-24(16-19)21-10-6-5-9-20(21)18-7-3-2-4-8-18/h2-12,15,19H,13-14,16H2,1H3/t19-/m0/s1. The molecule has 25 heavy (non-hydrogen) atoms. The highest BCUT2D eigenvalue weighted by Gasteiger charge is 2.26. The molecule has 0 aliphatic carbocycles. The Hall–Kier alpha value is -2.81. The minimum absolute atomic E-state index is 0.180. The van der Waals surface area contributed by atoms with E-state index in [1.807, 2.05) is 25.3 Å². The van der Waals surface area contributed by atoms with Crippen molar-refractivity contribution in [3.05, 3.63) is 78.5 Å². The van der Waals surface area contributed by atoms with Gasteiger partial charge in [0.15, 0.2) is 0 Å². The summed E-state index contributed by atoms with van der Waals surface area (Å²) < 4.78 is 6.07. The molecule has 3 aromatic rings. The van der Waals surface area contributed by atoms with Crippen LogP contribution in [-0.2, 0) is 0 Å². The number of hydrogen-bond acceptors (Lipinski definition) is 3. The zero-order chi connectivity index (χ0) is 17.1. The maximum absolute atomic E-state index is 6.07. The molecule has 1 atom stereocenters. The van der Waals surface area contributed by atoms with Gasteiger partial charge in [-0.15, -0.1) is 0 Å². The topological polar surface area (TPSA) is 25.4 Å². The lowest BCUT2D eigenvalue weighted by Gasteiger charge is -2.22. The van der Waals surface area contributed by atoms with Gasteiger partial charge < -0.3 is 9.64 Å². The van der Waals surface area contributed by atoms with Crippen molar-refractivity contribution in [1.29, 1.82) is 0 Å². The van der Waals surface area contributed by atoms with Crippen LogP contribution < -0.4 is 9.64 Å². The summed E-state index contributed by atoms with van der Waals surface area (Å²) in [5, 5.41) is 0. The first-order valence-corrected chi connectivity index (χ1v) is 8.78. The Morgan fingerprint density at radius 1 is 0.960 bits per heavy atom. The van der Waals surface area contributed by atoms with Crippen LogP contribution in [0.15, 0.2) is 72.9 Å². The van der Waals surface area contributed by atoms with Crippen LogP contribution >= 0.6 is 0 Å². The molecule has 0 saturated carbocycles. The zero-order valence-corrected chi connectivity index (χ0v) is 14.4.